The summed E-state index contributed by atoms with van der Waals surface area (Å²) in [5, 5.41) is 9.07. The Morgan fingerprint density at radius 3 is 2.91 bits per heavy atom. The normalized spacial score (nSPS) is 12.2. The first kappa shape index (κ1) is 10.2. The second-order valence-corrected chi connectivity index (χ2v) is 2.19. The minimum atomic E-state index is -0.647. The van der Waals surface area contributed by atoms with Gasteiger partial charge >= 0.3 is 5.97 Å². The van der Waals surface area contributed by atoms with Crippen LogP contribution in [0.4, 0.5) is 0 Å². The highest BCUT2D eigenvalue weighted by Gasteiger charge is 2.08. The molecule has 3 nitrogen and oxygen atoms in total. The van der Waals surface area contributed by atoms with Crippen molar-refractivity contribution in [2.24, 2.45) is 0 Å². The smallest absolute Gasteiger partial charge is 0.308 e. The molecule has 0 spiro atoms. The van der Waals surface area contributed by atoms with Crippen LogP contribution in [0.2, 0.25) is 0 Å². The van der Waals surface area contributed by atoms with E-state index in [0.717, 1.165) is 0 Å². The van der Waals surface area contributed by atoms with Gasteiger partial charge in [-0.2, -0.15) is 0 Å². The van der Waals surface area contributed by atoms with Gasteiger partial charge in [-0.05, 0) is 13.3 Å². The topological polar surface area (TPSA) is 46.5 Å². The molecule has 0 saturated carbocycles. The highest BCUT2D eigenvalue weighted by molar-refractivity contribution is 5.69. The van der Waals surface area contributed by atoms with Crippen LogP contribution in [0.3, 0.4) is 0 Å². The van der Waals surface area contributed by atoms with E-state index in [1.54, 1.807) is 13.0 Å². The Balaban J connectivity index is 3.48. The lowest BCUT2D eigenvalue weighted by atomic mass is 10.2. The third-order valence-electron chi connectivity index (χ3n) is 1.15. The molecule has 0 aromatic carbocycles. The van der Waals surface area contributed by atoms with E-state index in [1.807, 2.05) is 0 Å². The Morgan fingerprint density at radius 1 is 1.82 bits per heavy atom. The fourth-order valence-corrected chi connectivity index (χ4v) is 0.688. The van der Waals surface area contributed by atoms with Gasteiger partial charge in [0.15, 0.2) is 0 Å². The highest BCUT2D eigenvalue weighted by atomic mass is 16.5. The Hall–Kier alpha value is -0.830. The molecule has 0 radical (unpaired) electrons. The van der Waals surface area contributed by atoms with Gasteiger partial charge in [0.25, 0.3) is 0 Å². The Bertz CT molecular complexity index is 131. The molecule has 0 aromatic rings. The van der Waals surface area contributed by atoms with E-state index in [2.05, 4.69) is 11.3 Å². The van der Waals surface area contributed by atoms with E-state index in [1.165, 1.54) is 0 Å². The van der Waals surface area contributed by atoms with E-state index < -0.39 is 6.10 Å². The molecule has 1 atom stereocenters. The first-order valence-electron chi connectivity index (χ1n) is 3.65. The first-order chi connectivity index (χ1) is 5.20. The standard InChI is InChI=1S/C8H14O3/c1-3-5-7(9)6-8(10)11-4-2/h3,7,9H,1,4-6H2,2H3/t7-/m1/s1. The lowest BCUT2D eigenvalue weighted by Crippen LogP contribution is -2.14. The molecule has 0 heterocycles. The lowest BCUT2D eigenvalue weighted by Gasteiger charge is -2.05. The molecule has 0 fully saturated rings. The van der Waals surface area contributed by atoms with Crippen LogP contribution in [0.15, 0.2) is 12.7 Å². The Morgan fingerprint density at radius 2 is 2.45 bits per heavy atom. The highest BCUT2D eigenvalue weighted by Crippen LogP contribution is 1.99. The number of hydrogen-bond acceptors (Lipinski definition) is 3. The van der Waals surface area contributed by atoms with Gasteiger partial charge in [-0.1, -0.05) is 6.08 Å². The summed E-state index contributed by atoms with van der Waals surface area (Å²) >= 11 is 0. The second-order valence-electron chi connectivity index (χ2n) is 2.19. The number of aliphatic hydroxyl groups is 1. The van der Waals surface area contributed by atoms with Gasteiger partial charge in [0.05, 0.1) is 19.1 Å². The molecule has 11 heavy (non-hydrogen) atoms. The first-order valence-corrected chi connectivity index (χ1v) is 3.65. The van der Waals surface area contributed by atoms with Gasteiger partial charge in [-0.3, -0.25) is 4.79 Å². The molecule has 0 aliphatic carbocycles. The van der Waals surface area contributed by atoms with Crippen LogP contribution in [-0.2, 0) is 9.53 Å². The third-order valence-corrected chi connectivity index (χ3v) is 1.15. The van der Waals surface area contributed by atoms with E-state index in [4.69, 9.17) is 5.11 Å². The van der Waals surface area contributed by atoms with Crippen LogP contribution >= 0.6 is 0 Å². The summed E-state index contributed by atoms with van der Waals surface area (Å²) in [5.74, 6) is -0.359. The van der Waals surface area contributed by atoms with Crippen molar-refractivity contribution in [3.8, 4) is 0 Å². The van der Waals surface area contributed by atoms with Crippen LogP contribution in [0.25, 0.3) is 0 Å². The van der Waals surface area contributed by atoms with Crippen LogP contribution in [0.5, 0.6) is 0 Å². The van der Waals surface area contributed by atoms with Crippen molar-refractivity contribution in [2.45, 2.75) is 25.9 Å². The average molecular weight is 158 g/mol. The van der Waals surface area contributed by atoms with Gasteiger partial charge in [-0.15, -0.1) is 6.58 Å². The fraction of sp³-hybridized carbons (Fsp3) is 0.625. The maximum atomic E-state index is 10.7. The minimum absolute atomic E-state index is 0.0554. The molecule has 0 aliphatic heterocycles. The fourth-order valence-electron chi connectivity index (χ4n) is 0.688. The molecule has 0 aliphatic rings. The molecule has 0 rings (SSSR count). The van der Waals surface area contributed by atoms with E-state index in [9.17, 15) is 4.79 Å². The number of ether oxygens (including phenoxy) is 1. The van der Waals surface area contributed by atoms with Crippen LogP contribution < -0.4 is 0 Å². The van der Waals surface area contributed by atoms with Crippen molar-refractivity contribution in [3.63, 3.8) is 0 Å². The molecule has 1 N–H and O–H groups in total. The molecular weight excluding hydrogens is 144 g/mol. The Kier molecular flexibility index (Phi) is 5.47. The Labute approximate surface area is 66.7 Å². The van der Waals surface area contributed by atoms with Crippen molar-refractivity contribution in [1.82, 2.24) is 0 Å². The molecular formula is C8H14O3. The summed E-state index contributed by atoms with van der Waals surface area (Å²) in [7, 11) is 0. The van der Waals surface area contributed by atoms with E-state index in [0.29, 0.717) is 13.0 Å². The van der Waals surface area contributed by atoms with E-state index >= 15 is 0 Å². The summed E-state index contributed by atoms with van der Waals surface area (Å²) in [6.45, 7) is 5.54. The van der Waals surface area contributed by atoms with Crippen molar-refractivity contribution in [1.29, 1.82) is 0 Å². The maximum absolute atomic E-state index is 10.7. The number of aliphatic hydroxyl groups excluding tert-OH is 1. The second kappa shape index (κ2) is 5.92. The molecule has 0 unspecified atom stereocenters. The molecule has 0 saturated heterocycles. The zero-order valence-corrected chi connectivity index (χ0v) is 6.75. The quantitative estimate of drug-likeness (QED) is 0.477. The minimum Gasteiger partial charge on any atom is -0.466 e. The van der Waals surface area contributed by atoms with Crippen molar-refractivity contribution >= 4 is 5.97 Å². The summed E-state index contributed by atoms with van der Waals surface area (Å²) < 4.78 is 4.63. The molecule has 0 amide bonds. The van der Waals surface area contributed by atoms with Gasteiger partial charge in [0, 0.05) is 0 Å². The SMILES string of the molecule is C=CC[C@@H](O)CC(=O)OCC. The number of hydrogen-bond donors (Lipinski definition) is 1. The number of esters is 1. The lowest BCUT2D eigenvalue weighted by molar-refractivity contribution is -0.145. The zero-order chi connectivity index (χ0) is 8.69. The third kappa shape index (κ3) is 5.61. The van der Waals surface area contributed by atoms with Crippen LogP contribution in [-0.4, -0.2) is 23.8 Å². The number of rotatable bonds is 5. The molecule has 64 valence electrons. The molecule has 3 heteroatoms. The molecule has 0 aromatic heterocycles. The maximum Gasteiger partial charge on any atom is 0.308 e. The monoisotopic (exact) mass is 158 g/mol. The van der Waals surface area contributed by atoms with Gasteiger partial charge in [0.1, 0.15) is 0 Å². The summed E-state index contributed by atoms with van der Waals surface area (Å²) in [5.41, 5.74) is 0. The van der Waals surface area contributed by atoms with Crippen LogP contribution in [0, 0.1) is 0 Å². The summed E-state index contributed by atoms with van der Waals surface area (Å²) in [4.78, 5) is 10.7. The average Bonchev–Trinajstić information content (AvgIpc) is 1.87. The number of carbonyl (C=O) groups excluding carboxylic acids is 1. The number of carbonyl (C=O) groups is 1. The van der Waals surface area contributed by atoms with Gasteiger partial charge < -0.3 is 9.84 Å². The van der Waals surface area contributed by atoms with Gasteiger partial charge in [0.2, 0.25) is 0 Å². The van der Waals surface area contributed by atoms with E-state index in [-0.39, 0.29) is 12.4 Å². The summed E-state index contributed by atoms with van der Waals surface area (Å²) in [6, 6.07) is 0. The zero-order valence-electron chi connectivity index (χ0n) is 6.75. The van der Waals surface area contributed by atoms with Gasteiger partial charge in [-0.25, -0.2) is 0 Å². The van der Waals surface area contributed by atoms with Crippen LogP contribution in [0.1, 0.15) is 19.8 Å². The van der Waals surface area contributed by atoms with Crippen molar-refractivity contribution in [3.05, 3.63) is 12.7 Å². The predicted octanol–water partition coefficient (Wildman–Crippen LogP) is 0.877. The predicted molar refractivity (Wildman–Crippen MR) is 42.1 cm³/mol. The summed E-state index contributed by atoms with van der Waals surface area (Å²) in [6.07, 6.45) is 1.41. The molecule has 0 bridgehead atoms. The van der Waals surface area contributed by atoms with Crippen molar-refractivity contribution in [2.75, 3.05) is 6.61 Å². The largest absolute Gasteiger partial charge is 0.466 e. The van der Waals surface area contributed by atoms with Crippen molar-refractivity contribution < 1.29 is 14.6 Å².